The number of amides is 2. The van der Waals surface area contributed by atoms with Gasteiger partial charge in [-0.05, 0) is 62.2 Å². The molecule has 8 heteroatoms. The van der Waals surface area contributed by atoms with E-state index in [1.165, 1.54) is 29.2 Å². The minimum absolute atomic E-state index is 0.0218. The van der Waals surface area contributed by atoms with Crippen molar-refractivity contribution in [1.29, 1.82) is 0 Å². The quantitative estimate of drug-likeness (QED) is 0.589. The molecule has 2 aromatic rings. The molecule has 0 aliphatic rings. The lowest BCUT2D eigenvalue weighted by Gasteiger charge is -2.30. The Bertz CT molecular complexity index is 877. The van der Waals surface area contributed by atoms with E-state index >= 15 is 0 Å². The van der Waals surface area contributed by atoms with Crippen LogP contribution in [-0.4, -0.2) is 35.4 Å². The van der Waals surface area contributed by atoms with Crippen molar-refractivity contribution in [3.8, 4) is 5.75 Å². The van der Waals surface area contributed by atoms with Gasteiger partial charge >= 0.3 is 0 Å². The highest BCUT2D eigenvalue weighted by atomic mass is 35.5. The molecule has 0 spiro atoms. The van der Waals surface area contributed by atoms with E-state index in [4.69, 9.17) is 27.9 Å². The van der Waals surface area contributed by atoms with Crippen molar-refractivity contribution in [3.05, 3.63) is 63.9 Å². The van der Waals surface area contributed by atoms with Gasteiger partial charge in [0, 0.05) is 22.6 Å². The summed E-state index contributed by atoms with van der Waals surface area (Å²) in [5.74, 6) is -0.726. The molecular weight excluding hydrogens is 430 g/mol. The van der Waals surface area contributed by atoms with Gasteiger partial charge in [0.15, 0.2) is 6.61 Å². The zero-order valence-corrected chi connectivity index (χ0v) is 18.6. The summed E-state index contributed by atoms with van der Waals surface area (Å²) in [6, 6.07) is 9.54. The second-order valence-electron chi connectivity index (χ2n) is 6.99. The molecule has 2 amide bonds. The molecule has 0 aliphatic carbocycles. The number of carbonyl (C=O) groups is 2. The maximum Gasteiger partial charge on any atom is 0.261 e. The van der Waals surface area contributed by atoms with Gasteiger partial charge in [0.25, 0.3) is 5.91 Å². The predicted octanol–water partition coefficient (Wildman–Crippen LogP) is 4.84. The van der Waals surface area contributed by atoms with Gasteiger partial charge in [0.05, 0.1) is 0 Å². The van der Waals surface area contributed by atoms with E-state index in [-0.39, 0.29) is 25.1 Å². The Kier molecular flexibility index (Phi) is 8.93. The van der Waals surface area contributed by atoms with Crippen molar-refractivity contribution in [2.75, 3.05) is 6.61 Å². The molecule has 1 N–H and O–H groups in total. The van der Waals surface area contributed by atoms with Gasteiger partial charge < -0.3 is 15.0 Å². The lowest BCUT2D eigenvalue weighted by molar-refractivity contribution is -0.142. The number of nitrogens with zero attached hydrogens (tertiary/aromatic N) is 1. The van der Waals surface area contributed by atoms with Crippen molar-refractivity contribution in [3.63, 3.8) is 0 Å². The molecule has 0 saturated heterocycles. The molecule has 0 bridgehead atoms. The predicted molar refractivity (Wildman–Crippen MR) is 116 cm³/mol. The zero-order chi connectivity index (χ0) is 22.3. The SMILES string of the molecule is CCC(C)NC(=O)C(C)N(Cc1ccc(Cl)cc1Cl)C(=O)COc1ccc(F)cc1. The normalized spacial score (nSPS) is 12.7. The lowest BCUT2D eigenvalue weighted by Crippen LogP contribution is -2.50. The average Bonchev–Trinajstić information content (AvgIpc) is 2.72. The van der Waals surface area contributed by atoms with Gasteiger partial charge in [-0.2, -0.15) is 0 Å². The molecule has 0 aliphatic heterocycles. The molecule has 2 rings (SSSR count). The Morgan fingerprint density at radius 3 is 2.40 bits per heavy atom. The second-order valence-corrected chi connectivity index (χ2v) is 7.84. The van der Waals surface area contributed by atoms with Gasteiger partial charge in [0.1, 0.15) is 17.6 Å². The van der Waals surface area contributed by atoms with E-state index in [0.29, 0.717) is 21.4 Å². The summed E-state index contributed by atoms with van der Waals surface area (Å²) in [7, 11) is 0. The third-order valence-electron chi connectivity index (χ3n) is 4.70. The summed E-state index contributed by atoms with van der Waals surface area (Å²) in [6.07, 6.45) is 0.767. The fourth-order valence-electron chi connectivity index (χ4n) is 2.64. The lowest BCUT2D eigenvalue weighted by atomic mass is 10.1. The van der Waals surface area contributed by atoms with E-state index in [1.807, 2.05) is 13.8 Å². The third-order valence-corrected chi connectivity index (χ3v) is 5.29. The van der Waals surface area contributed by atoms with Crippen LogP contribution in [0.2, 0.25) is 10.0 Å². The van der Waals surface area contributed by atoms with Crippen LogP contribution in [-0.2, 0) is 16.1 Å². The molecule has 30 heavy (non-hydrogen) atoms. The molecule has 0 aromatic heterocycles. The molecule has 0 saturated carbocycles. The summed E-state index contributed by atoms with van der Waals surface area (Å²) in [5.41, 5.74) is 0.652. The monoisotopic (exact) mass is 454 g/mol. The van der Waals surface area contributed by atoms with Gasteiger partial charge in [-0.3, -0.25) is 9.59 Å². The Balaban J connectivity index is 2.18. The van der Waals surface area contributed by atoms with Crippen molar-refractivity contribution in [2.45, 2.75) is 45.8 Å². The zero-order valence-electron chi connectivity index (χ0n) is 17.1. The second kappa shape index (κ2) is 11.2. The van der Waals surface area contributed by atoms with Crippen LogP contribution in [0.1, 0.15) is 32.8 Å². The number of hydrogen-bond donors (Lipinski definition) is 1. The first-order valence-electron chi connectivity index (χ1n) is 9.63. The van der Waals surface area contributed by atoms with Gasteiger partial charge in [-0.1, -0.05) is 36.2 Å². The van der Waals surface area contributed by atoms with Crippen LogP contribution in [0.5, 0.6) is 5.75 Å². The summed E-state index contributed by atoms with van der Waals surface area (Å²) < 4.78 is 18.5. The molecule has 5 nitrogen and oxygen atoms in total. The number of halogens is 3. The van der Waals surface area contributed by atoms with Crippen LogP contribution in [0.3, 0.4) is 0 Å². The minimum Gasteiger partial charge on any atom is -0.484 e. The number of ether oxygens (including phenoxy) is 1. The molecule has 2 unspecified atom stereocenters. The minimum atomic E-state index is -0.755. The molecular formula is C22H25Cl2FN2O3. The summed E-state index contributed by atoms with van der Waals surface area (Å²) in [5, 5.41) is 3.76. The maximum atomic E-state index is 13.1. The Morgan fingerprint density at radius 2 is 1.80 bits per heavy atom. The van der Waals surface area contributed by atoms with Gasteiger partial charge in [-0.25, -0.2) is 4.39 Å². The Hall–Kier alpha value is -2.31. The third kappa shape index (κ3) is 6.89. The van der Waals surface area contributed by atoms with Crippen molar-refractivity contribution < 1.29 is 18.7 Å². The molecule has 0 fully saturated rings. The topological polar surface area (TPSA) is 58.6 Å². The summed E-state index contributed by atoms with van der Waals surface area (Å²) >= 11 is 12.2. The van der Waals surface area contributed by atoms with E-state index in [0.717, 1.165) is 6.42 Å². The van der Waals surface area contributed by atoms with Crippen LogP contribution >= 0.6 is 23.2 Å². The highest BCUT2D eigenvalue weighted by Crippen LogP contribution is 2.23. The molecule has 2 aromatic carbocycles. The average molecular weight is 455 g/mol. The van der Waals surface area contributed by atoms with Crippen LogP contribution in [0.25, 0.3) is 0 Å². The number of hydrogen-bond acceptors (Lipinski definition) is 3. The maximum absolute atomic E-state index is 13.1. The van der Waals surface area contributed by atoms with E-state index in [1.54, 1.807) is 25.1 Å². The number of rotatable bonds is 9. The highest BCUT2D eigenvalue weighted by molar-refractivity contribution is 6.35. The smallest absolute Gasteiger partial charge is 0.261 e. The number of benzene rings is 2. The molecule has 2 atom stereocenters. The van der Waals surface area contributed by atoms with Gasteiger partial charge in [-0.15, -0.1) is 0 Å². The Morgan fingerprint density at radius 1 is 1.13 bits per heavy atom. The van der Waals surface area contributed by atoms with Crippen molar-refractivity contribution >= 4 is 35.0 Å². The number of carbonyl (C=O) groups excluding carboxylic acids is 2. The van der Waals surface area contributed by atoms with E-state index in [2.05, 4.69) is 5.32 Å². The summed E-state index contributed by atoms with van der Waals surface area (Å²) in [4.78, 5) is 27.0. The fraction of sp³-hybridized carbons (Fsp3) is 0.364. The van der Waals surface area contributed by atoms with E-state index < -0.39 is 17.8 Å². The van der Waals surface area contributed by atoms with Crippen LogP contribution < -0.4 is 10.1 Å². The van der Waals surface area contributed by atoms with Crippen LogP contribution in [0, 0.1) is 5.82 Å². The number of nitrogens with one attached hydrogen (secondary N) is 1. The molecule has 0 radical (unpaired) electrons. The molecule has 0 heterocycles. The largest absolute Gasteiger partial charge is 0.484 e. The first-order chi connectivity index (χ1) is 14.2. The van der Waals surface area contributed by atoms with Crippen molar-refractivity contribution in [2.24, 2.45) is 0 Å². The standard InChI is InChI=1S/C22H25Cl2FN2O3/c1-4-14(2)26-22(29)15(3)27(12-16-5-6-17(23)11-20(16)24)21(28)13-30-19-9-7-18(25)8-10-19/h5-11,14-15H,4,12-13H2,1-3H3,(H,26,29). The van der Waals surface area contributed by atoms with Crippen LogP contribution in [0.4, 0.5) is 4.39 Å². The van der Waals surface area contributed by atoms with Crippen LogP contribution in [0.15, 0.2) is 42.5 Å². The highest BCUT2D eigenvalue weighted by Gasteiger charge is 2.27. The Labute approximate surface area is 186 Å². The fourth-order valence-corrected chi connectivity index (χ4v) is 3.11. The molecule has 162 valence electrons. The first-order valence-corrected chi connectivity index (χ1v) is 10.4. The van der Waals surface area contributed by atoms with Gasteiger partial charge in [0.2, 0.25) is 5.91 Å². The summed E-state index contributed by atoms with van der Waals surface area (Å²) in [6.45, 7) is 5.30. The van der Waals surface area contributed by atoms with Crippen molar-refractivity contribution in [1.82, 2.24) is 10.2 Å². The first kappa shape index (κ1) is 24.0. The van der Waals surface area contributed by atoms with E-state index in [9.17, 15) is 14.0 Å².